The molecular weight excluding hydrogens is 420 g/mol. The van der Waals surface area contributed by atoms with E-state index in [1.807, 2.05) is 44.2 Å². The monoisotopic (exact) mass is 454 g/mol. The van der Waals surface area contributed by atoms with E-state index < -0.39 is 24.2 Å². The van der Waals surface area contributed by atoms with Crippen molar-refractivity contribution in [2.24, 2.45) is 5.92 Å². The van der Waals surface area contributed by atoms with Gasteiger partial charge in [0.25, 0.3) is 0 Å². The van der Waals surface area contributed by atoms with Crippen molar-refractivity contribution in [3.63, 3.8) is 0 Å². The molecule has 1 aromatic rings. The van der Waals surface area contributed by atoms with Gasteiger partial charge in [-0.05, 0) is 43.6 Å². The molecule has 3 fully saturated rings. The quantitative estimate of drug-likeness (QED) is 0.715. The maximum Gasteiger partial charge on any atom is 0.246 e. The van der Waals surface area contributed by atoms with Crippen LogP contribution in [0.25, 0.3) is 0 Å². The third-order valence-corrected chi connectivity index (χ3v) is 6.90. The first-order valence-electron chi connectivity index (χ1n) is 12.1. The lowest BCUT2D eigenvalue weighted by atomic mass is 10.00. The van der Waals surface area contributed by atoms with E-state index in [1.165, 1.54) is 0 Å². The van der Waals surface area contributed by atoms with Crippen LogP contribution in [0, 0.1) is 5.92 Å². The van der Waals surface area contributed by atoms with Crippen molar-refractivity contribution in [3.8, 4) is 0 Å². The molecule has 0 aliphatic carbocycles. The highest BCUT2D eigenvalue weighted by Gasteiger charge is 2.43. The molecule has 3 heterocycles. The average Bonchev–Trinajstić information content (AvgIpc) is 3.47. The minimum absolute atomic E-state index is 0.193. The molecule has 4 rings (SSSR count). The second kappa shape index (κ2) is 9.93. The van der Waals surface area contributed by atoms with Crippen molar-refractivity contribution in [1.82, 2.24) is 20.4 Å². The molecule has 33 heavy (non-hydrogen) atoms. The van der Waals surface area contributed by atoms with Crippen LogP contribution in [-0.2, 0) is 25.6 Å². The van der Waals surface area contributed by atoms with Gasteiger partial charge in [0.05, 0.1) is 0 Å². The van der Waals surface area contributed by atoms with Crippen LogP contribution >= 0.6 is 0 Å². The van der Waals surface area contributed by atoms with Gasteiger partial charge in [-0.15, -0.1) is 0 Å². The van der Waals surface area contributed by atoms with Crippen molar-refractivity contribution in [1.29, 1.82) is 0 Å². The zero-order valence-electron chi connectivity index (χ0n) is 19.5. The summed E-state index contributed by atoms with van der Waals surface area (Å²) in [6.07, 6.45) is 3.38. The van der Waals surface area contributed by atoms with Gasteiger partial charge in [-0.2, -0.15) is 0 Å². The van der Waals surface area contributed by atoms with Gasteiger partial charge in [-0.1, -0.05) is 44.2 Å². The third kappa shape index (κ3) is 5.04. The molecular formula is C25H34N4O4. The fraction of sp³-hybridized carbons (Fsp3) is 0.600. The van der Waals surface area contributed by atoms with Crippen molar-refractivity contribution in [2.45, 2.75) is 76.5 Å². The number of nitrogens with zero attached hydrogens (tertiary/aromatic N) is 2. The first kappa shape index (κ1) is 23.3. The Morgan fingerprint density at radius 3 is 1.88 bits per heavy atom. The van der Waals surface area contributed by atoms with E-state index in [1.54, 1.807) is 9.80 Å². The predicted octanol–water partition coefficient (Wildman–Crippen LogP) is 1.24. The summed E-state index contributed by atoms with van der Waals surface area (Å²) in [7, 11) is 0. The maximum absolute atomic E-state index is 13.6. The summed E-state index contributed by atoms with van der Waals surface area (Å²) in [5.41, 5.74) is 0.930. The molecule has 0 radical (unpaired) electrons. The summed E-state index contributed by atoms with van der Waals surface area (Å²) < 4.78 is 0. The number of carbonyl (C=O) groups excluding carboxylic acids is 4. The van der Waals surface area contributed by atoms with E-state index >= 15 is 0 Å². The van der Waals surface area contributed by atoms with E-state index in [0.29, 0.717) is 45.2 Å². The Hall–Kier alpha value is -2.90. The van der Waals surface area contributed by atoms with Crippen molar-refractivity contribution >= 4 is 23.6 Å². The van der Waals surface area contributed by atoms with E-state index in [2.05, 4.69) is 10.6 Å². The molecule has 3 saturated heterocycles. The molecule has 4 atom stereocenters. The molecule has 1 aromatic carbocycles. The van der Waals surface area contributed by atoms with Gasteiger partial charge in [0.2, 0.25) is 23.6 Å². The number of hydrogen-bond donors (Lipinski definition) is 2. The van der Waals surface area contributed by atoms with Crippen molar-refractivity contribution in [3.05, 3.63) is 35.9 Å². The normalized spacial score (nSPS) is 28.7. The molecule has 2 N–H and O–H groups in total. The van der Waals surface area contributed by atoms with Gasteiger partial charge in [0, 0.05) is 19.5 Å². The zero-order chi connectivity index (χ0) is 23.5. The van der Waals surface area contributed by atoms with E-state index in [-0.39, 0.29) is 29.5 Å². The summed E-state index contributed by atoms with van der Waals surface area (Å²) in [5.74, 6) is -0.812. The largest absolute Gasteiger partial charge is 0.342 e. The fourth-order valence-electron chi connectivity index (χ4n) is 5.29. The highest BCUT2D eigenvalue weighted by molar-refractivity contribution is 5.98. The van der Waals surface area contributed by atoms with Gasteiger partial charge >= 0.3 is 0 Å². The number of hydrogen-bond acceptors (Lipinski definition) is 4. The van der Waals surface area contributed by atoms with Crippen molar-refractivity contribution < 1.29 is 19.2 Å². The summed E-state index contributed by atoms with van der Waals surface area (Å²) in [4.78, 5) is 56.8. The summed E-state index contributed by atoms with van der Waals surface area (Å²) in [5, 5.41) is 5.90. The van der Waals surface area contributed by atoms with E-state index in [9.17, 15) is 19.2 Å². The summed E-state index contributed by atoms with van der Waals surface area (Å²) in [6, 6.07) is 6.83. The van der Waals surface area contributed by atoms with Gasteiger partial charge in [-0.3, -0.25) is 19.2 Å². The number of carbonyl (C=O) groups is 4. The smallest absolute Gasteiger partial charge is 0.246 e. The van der Waals surface area contributed by atoms with Gasteiger partial charge in [-0.25, -0.2) is 0 Å². The Labute approximate surface area is 195 Å². The Bertz CT molecular complexity index is 903. The summed E-state index contributed by atoms with van der Waals surface area (Å²) in [6.45, 7) is 4.96. The lowest BCUT2D eigenvalue weighted by molar-refractivity contribution is -0.147. The Balaban J connectivity index is 1.67. The number of rotatable bonds is 4. The molecule has 0 aromatic heterocycles. The lowest BCUT2D eigenvalue weighted by Gasteiger charge is -2.34. The minimum atomic E-state index is -0.781. The maximum atomic E-state index is 13.6. The average molecular weight is 455 g/mol. The van der Waals surface area contributed by atoms with Gasteiger partial charge in [0.1, 0.15) is 24.2 Å². The highest BCUT2D eigenvalue weighted by atomic mass is 16.2. The van der Waals surface area contributed by atoms with Crippen LogP contribution < -0.4 is 10.6 Å². The van der Waals surface area contributed by atoms with Gasteiger partial charge < -0.3 is 20.4 Å². The molecule has 3 aliphatic rings. The van der Waals surface area contributed by atoms with Crippen LogP contribution in [0.4, 0.5) is 0 Å². The Morgan fingerprint density at radius 2 is 1.33 bits per heavy atom. The van der Waals surface area contributed by atoms with Crippen LogP contribution in [0.3, 0.4) is 0 Å². The molecule has 0 spiro atoms. The first-order valence-corrected chi connectivity index (χ1v) is 12.1. The van der Waals surface area contributed by atoms with Crippen molar-refractivity contribution in [2.75, 3.05) is 13.1 Å². The number of nitrogens with one attached hydrogen (secondary N) is 2. The highest BCUT2D eigenvalue weighted by Crippen LogP contribution is 2.24. The topological polar surface area (TPSA) is 98.8 Å². The predicted molar refractivity (Wildman–Crippen MR) is 123 cm³/mol. The van der Waals surface area contributed by atoms with Crippen LogP contribution in [0.2, 0.25) is 0 Å². The summed E-state index contributed by atoms with van der Waals surface area (Å²) >= 11 is 0. The Morgan fingerprint density at radius 1 is 0.818 bits per heavy atom. The van der Waals surface area contributed by atoms with Crippen LogP contribution in [0.1, 0.15) is 51.5 Å². The Kier molecular flexibility index (Phi) is 7.00. The van der Waals surface area contributed by atoms with Crippen LogP contribution in [0.15, 0.2) is 30.3 Å². The standard InChI is InChI=1S/C25H34N4O4/c1-16(2)14-18-24(32)28-12-6-11-21(28)23(31)27-19(15-17-8-4-3-5-9-17)25(33)29-13-7-10-20(29)22(30)26-18/h3-5,8-9,16,18-21H,6-7,10-15H2,1-2H3,(H,26,30)(H,27,31)/t18-,19-,20-,21+/m0/s1. The number of benzene rings is 1. The molecule has 8 heteroatoms. The molecule has 4 amide bonds. The molecule has 8 nitrogen and oxygen atoms in total. The molecule has 178 valence electrons. The van der Waals surface area contributed by atoms with Crippen LogP contribution in [-0.4, -0.2) is 70.7 Å². The second-order valence-electron chi connectivity index (χ2n) is 9.82. The number of amides is 4. The minimum Gasteiger partial charge on any atom is -0.342 e. The SMILES string of the molecule is CC(C)C[C@@H]1NC(=O)[C@@H]2CCCN2C(=O)[C@H](Cc2ccccc2)NC(=O)[C@H]2CCCN2C1=O. The molecule has 3 aliphatic heterocycles. The molecule has 0 bridgehead atoms. The van der Waals surface area contributed by atoms with Crippen LogP contribution in [0.5, 0.6) is 0 Å². The van der Waals surface area contributed by atoms with E-state index in [0.717, 1.165) is 12.0 Å². The van der Waals surface area contributed by atoms with E-state index in [4.69, 9.17) is 0 Å². The zero-order valence-corrected chi connectivity index (χ0v) is 19.5. The molecule has 0 unspecified atom stereocenters. The third-order valence-electron chi connectivity index (χ3n) is 6.90. The number of fused-ring (bicyclic) bond motifs is 2. The first-order chi connectivity index (χ1) is 15.8. The lowest BCUT2D eigenvalue weighted by Crippen LogP contribution is -2.61. The second-order valence-corrected chi connectivity index (χ2v) is 9.82. The molecule has 0 saturated carbocycles. The fourth-order valence-corrected chi connectivity index (χ4v) is 5.29. The van der Waals surface area contributed by atoms with Gasteiger partial charge in [0.15, 0.2) is 0 Å².